The Morgan fingerprint density at radius 2 is 1.77 bits per heavy atom. The highest BCUT2D eigenvalue weighted by atomic mass is 16.2. The fourth-order valence-electron chi connectivity index (χ4n) is 3.99. The summed E-state index contributed by atoms with van der Waals surface area (Å²) in [5.74, 6) is -0.130. The molecule has 3 aromatic heterocycles. The standard InChI is InChI=1S/C27H26N6O2/c1-17(2)25(34)30-27-29-24-14-20(11-12-33(24)31-27)19-9-10-23-21(13-19)22(16-32(23)3)26(35)28-15-18-7-5-4-6-8-18/h4-14,16-17H,15H2,1-3H3,(H,28,35)(H,30,31,34). The molecule has 0 unspecified atom stereocenters. The van der Waals surface area contributed by atoms with Crippen molar-refractivity contribution in [2.45, 2.75) is 20.4 Å². The number of carbonyl (C=O) groups is 2. The number of rotatable bonds is 6. The van der Waals surface area contributed by atoms with Crippen LogP contribution in [-0.2, 0) is 18.4 Å². The molecular formula is C27H26N6O2. The van der Waals surface area contributed by atoms with E-state index in [1.165, 1.54) is 0 Å². The highest BCUT2D eigenvalue weighted by Crippen LogP contribution is 2.28. The maximum Gasteiger partial charge on any atom is 0.253 e. The number of hydrogen-bond donors (Lipinski definition) is 2. The third kappa shape index (κ3) is 4.50. The minimum Gasteiger partial charge on any atom is -0.350 e. The molecule has 0 bridgehead atoms. The topological polar surface area (TPSA) is 93.3 Å². The Bertz CT molecular complexity index is 1550. The van der Waals surface area contributed by atoms with Crippen LogP contribution in [0.15, 0.2) is 73.1 Å². The van der Waals surface area contributed by atoms with Crippen molar-refractivity contribution in [1.29, 1.82) is 0 Å². The number of aryl methyl sites for hydroxylation is 1. The second-order valence-electron chi connectivity index (χ2n) is 8.85. The molecule has 0 aliphatic heterocycles. The summed E-state index contributed by atoms with van der Waals surface area (Å²) in [7, 11) is 1.94. The van der Waals surface area contributed by atoms with E-state index in [1.54, 1.807) is 4.52 Å². The molecule has 3 heterocycles. The third-order valence-electron chi connectivity index (χ3n) is 5.96. The Balaban J connectivity index is 1.44. The first-order valence-electron chi connectivity index (χ1n) is 11.5. The maximum atomic E-state index is 13.0. The largest absolute Gasteiger partial charge is 0.350 e. The zero-order chi connectivity index (χ0) is 24.5. The van der Waals surface area contributed by atoms with Gasteiger partial charge in [0.1, 0.15) is 0 Å². The van der Waals surface area contributed by atoms with Crippen molar-refractivity contribution in [1.82, 2.24) is 24.5 Å². The van der Waals surface area contributed by atoms with Gasteiger partial charge in [-0.05, 0) is 41.0 Å². The predicted molar refractivity (Wildman–Crippen MR) is 136 cm³/mol. The lowest BCUT2D eigenvalue weighted by molar-refractivity contribution is -0.118. The second-order valence-corrected chi connectivity index (χ2v) is 8.85. The zero-order valence-corrected chi connectivity index (χ0v) is 19.8. The normalized spacial score (nSPS) is 11.3. The van der Waals surface area contributed by atoms with Gasteiger partial charge in [-0.1, -0.05) is 50.2 Å². The minimum atomic E-state index is -0.158. The first-order valence-corrected chi connectivity index (χ1v) is 11.5. The van der Waals surface area contributed by atoms with E-state index in [1.807, 2.05) is 98.5 Å². The number of pyridine rings is 1. The first-order chi connectivity index (χ1) is 16.9. The van der Waals surface area contributed by atoms with E-state index in [2.05, 4.69) is 20.7 Å². The van der Waals surface area contributed by atoms with Gasteiger partial charge in [0.2, 0.25) is 11.9 Å². The third-order valence-corrected chi connectivity index (χ3v) is 5.96. The number of fused-ring (bicyclic) bond motifs is 2. The average molecular weight is 467 g/mol. The molecule has 0 radical (unpaired) electrons. The van der Waals surface area contributed by atoms with Crippen LogP contribution >= 0.6 is 0 Å². The minimum absolute atomic E-state index is 0.116. The maximum absolute atomic E-state index is 13.0. The molecule has 5 rings (SSSR count). The van der Waals surface area contributed by atoms with E-state index in [0.29, 0.717) is 17.8 Å². The number of nitrogens with zero attached hydrogens (tertiary/aromatic N) is 4. The van der Waals surface area contributed by atoms with Gasteiger partial charge < -0.3 is 9.88 Å². The molecule has 0 aliphatic rings. The number of benzene rings is 2. The van der Waals surface area contributed by atoms with Crippen LogP contribution in [0, 0.1) is 5.92 Å². The van der Waals surface area contributed by atoms with Crippen LogP contribution in [0.1, 0.15) is 29.8 Å². The van der Waals surface area contributed by atoms with Crippen LogP contribution in [0.5, 0.6) is 0 Å². The molecule has 0 aliphatic carbocycles. The van der Waals surface area contributed by atoms with E-state index in [9.17, 15) is 9.59 Å². The summed E-state index contributed by atoms with van der Waals surface area (Å²) in [6.07, 6.45) is 3.67. The Morgan fingerprint density at radius 3 is 2.54 bits per heavy atom. The molecule has 5 aromatic rings. The molecular weight excluding hydrogens is 440 g/mol. The Hall–Kier alpha value is -4.46. The highest BCUT2D eigenvalue weighted by Gasteiger charge is 2.16. The number of amides is 2. The molecule has 2 aromatic carbocycles. The van der Waals surface area contributed by atoms with Crippen molar-refractivity contribution >= 4 is 34.3 Å². The van der Waals surface area contributed by atoms with Crippen molar-refractivity contribution in [3.05, 3.63) is 84.2 Å². The van der Waals surface area contributed by atoms with Crippen molar-refractivity contribution in [3.63, 3.8) is 0 Å². The van der Waals surface area contributed by atoms with Gasteiger partial charge in [-0.3, -0.25) is 14.9 Å². The first kappa shape index (κ1) is 22.3. The van der Waals surface area contributed by atoms with Crippen molar-refractivity contribution in [2.75, 3.05) is 5.32 Å². The van der Waals surface area contributed by atoms with Crippen LogP contribution in [0.2, 0.25) is 0 Å². The fourth-order valence-corrected chi connectivity index (χ4v) is 3.99. The fraction of sp³-hybridized carbons (Fsp3) is 0.185. The van der Waals surface area contributed by atoms with E-state index in [4.69, 9.17) is 0 Å². The van der Waals surface area contributed by atoms with E-state index >= 15 is 0 Å². The highest BCUT2D eigenvalue weighted by molar-refractivity contribution is 6.08. The van der Waals surface area contributed by atoms with Gasteiger partial charge in [0.25, 0.3) is 5.91 Å². The lowest BCUT2D eigenvalue weighted by Gasteiger charge is -2.06. The molecule has 2 amide bonds. The van der Waals surface area contributed by atoms with Crippen LogP contribution in [-0.4, -0.2) is 31.0 Å². The molecule has 2 N–H and O–H groups in total. The lowest BCUT2D eigenvalue weighted by Crippen LogP contribution is -2.22. The SMILES string of the molecule is CC(C)C(=O)Nc1nc2cc(-c3ccc4c(c3)c(C(=O)NCc3ccccc3)cn4C)ccn2n1. The van der Waals surface area contributed by atoms with Crippen molar-refractivity contribution in [2.24, 2.45) is 13.0 Å². The van der Waals surface area contributed by atoms with Gasteiger partial charge in [-0.15, -0.1) is 5.10 Å². The summed E-state index contributed by atoms with van der Waals surface area (Å²) < 4.78 is 3.59. The quantitative estimate of drug-likeness (QED) is 0.388. The molecule has 0 saturated carbocycles. The number of carbonyl (C=O) groups excluding carboxylic acids is 2. The predicted octanol–water partition coefficient (Wildman–Crippen LogP) is 4.41. The van der Waals surface area contributed by atoms with Gasteiger partial charge in [0, 0.05) is 42.8 Å². The van der Waals surface area contributed by atoms with Crippen molar-refractivity contribution < 1.29 is 9.59 Å². The van der Waals surface area contributed by atoms with E-state index in [0.717, 1.165) is 27.6 Å². The van der Waals surface area contributed by atoms with Gasteiger partial charge >= 0.3 is 0 Å². The Labute approximate surface area is 202 Å². The number of aromatic nitrogens is 4. The van der Waals surface area contributed by atoms with E-state index < -0.39 is 0 Å². The summed E-state index contributed by atoms with van der Waals surface area (Å²) in [6.45, 7) is 4.10. The molecule has 0 atom stereocenters. The molecule has 35 heavy (non-hydrogen) atoms. The lowest BCUT2D eigenvalue weighted by atomic mass is 10.0. The molecule has 0 fully saturated rings. The number of hydrogen-bond acceptors (Lipinski definition) is 4. The summed E-state index contributed by atoms with van der Waals surface area (Å²) in [6, 6.07) is 19.8. The molecule has 8 heteroatoms. The van der Waals surface area contributed by atoms with E-state index in [-0.39, 0.29) is 23.7 Å². The summed E-state index contributed by atoms with van der Waals surface area (Å²) >= 11 is 0. The van der Waals surface area contributed by atoms with Gasteiger partial charge in [0.15, 0.2) is 5.65 Å². The summed E-state index contributed by atoms with van der Waals surface area (Å²) in [5.41, 5.74) is 5.17. The van der Waals surface area contributed by atoms with Gasteiger partial charge in [0.05, 0.1) is 5.56 Å². The van der Waals surface area contributed by atoms with Crippen LogP contribution in [0.4, 0.5) is 5.95 Å². The van der Waals surface area contributed by atoms with Crippen LogP contribution in [0.25, 0.3) is 27.7 Å². The van der Waals surface area contributed by atoms with Crippen LogP contribution in [0.3, 0.4) is 0 Å². The molecule has 0 spiro atoms. The molecule has 0 saturated heterocycles. The summed E-state index contributed by atoms with van der Waals surface area (Å²) in [5, 5.41) is 11.0. The van der Waals surface area contributed by atoms with Gasteiger partial charge in [-0.2, -0.15) is 4.98 Å². The molecule has 176 valence electrons. The monoisotopic (exact) mass is 466 g/mol. The smallest absolute Gasteiger partial charge is 0.253 e. The average Bonchev–Trinajstić information content (AvgIpc) is 3.42. The zero-order valence-electron chi connectivity index (χ0n) is 19.8. The molecule has 8 nitrogen and oxygen atoms in total. The number of anilines is 1. The summed E-state index contributed by atoms with van der Waals surface area (Å²) in [4.78, 5) is 29.4. The van der Waals surface area contributed by atoms with Crippen molar-refractivity contribution in [3.8, 4) is 11.1 Å². The van der Waals surface area contributed by atoms with Crippen LogP contribution < -0.4 is 10.6 Å². The van der Waals surface area contributed by atoms with Gasteiger partial charge in [-0.25, -0.2) is 4.52 Å². The Morgan fingerprint density at radius 1 is 1.00 bits per heavy atom. The Kier molecular flexibility index (Phi) is 5.78. The number of nitrogens with one attached hydrogen (secondary N) is 2. The second kappa shape index (κ2) is 9.06.